The summed E-state index contributed by atoms with van der Waals surface area (Å²) in [6, 6.07) is 8.05. The molecule has 0 saturated carbocycles. The summed E-state index contributed by atoms with van der Waals surface area (Å²) in [7, 11) is 0. The maximum Gasteiger partial charge on any atom is 0.453 e. The van der Waals surface area contributed by atoms with E-state index in [1.54, 1.807) is 62.3 Å². The Morgan fingerprint density at radius 2 is 1.92 bits per heavy atom. The summed E-state index contributed by atoms with van der Waals surface area (Å²) in [5.41, 5.74) is 0.983. The Balaban J connectivity index is 1.88. The highest BCUT2D eigenvalue weighted by Gasteiger charge is 2.64. The number of pyridine rings is 1. The van der Waals surface area contributed by atoms with Gasteiger partial charge in [0.25, 0.3) is 5.66 Å². The van der Waals surface area contributed by atoms with Crippen molar-refractivity contribution in [3.8, 4) is 11.8 Å². The molecular weight excluding hydrogens is 522 g/mol. The number of ketones is 1. The Kier molecular flexibility index (Phi) is 7.95. The van der Waals surface area contributed by atoms with Crippen LogP contribution in [0, 0.1) is 11.8 Å². The highest BCUT2D eigenvalue weighted by atomic mass is 35.5. The minimum Gasteiger partial charge on any atom is -0.441 e. The molecule has 0 radical (unpaired) electrons. The number of amides is 3. The van der Waals surface area contributed by atoms with E-state index in [0.29, 0.717) is 35.6 Å². The van der Waals surface area contributed by atoms with Crippen molar-refractivity contribution in [2.75, 3.05) is 25.0 Å². The van der Waals surface area contributed by atoms with E-state index < -0.39 is 34.3 Å². The van der Waals surface area contributed by atoms with Gasteiger partial charge in [-0.05, 0) is 69.9 Å². The summed E-state index contributed by atoms with van der Waals surface area (Å²) in [4.78, 5) is 59.7. The smallest absolute Gasteiger partial charge is 0.441 e. The fourth-order valence-electron chi connectivity index (χ4n) is 4.77. The van der Waals surface area contributed by atoms with E-state index in [4.69, 9.17) is 16.3 Å². The predicted octanol–water partition coefficient (Wildman–Crippen LogP) is 3.52. The summed E-state index contributed by atoms with van der Waals surface area (Å²) in [6.07, 6.45) is 3.77. The number of ether oxygens (including phenoxy) is 1. The van der Waals surface area contributed by atoms with E-state index in [-0.39, 0.29) is 18.0 Å². The number of aromatic nitrogens is 1. The first-order chi connectivity index (χ1) is 18.5. The lowest BCUT2D eigenvalue weighted by atomic mass is 9.88. The van der Waals surface area contributed by atoms with Gasteiger partial charge in [-0.15, -0.1) is 4.59 Å². The first-order valence-electron chi connectivity index (χ1n) is 12.6. The number of hydrogen-bond acceptors (Lipinski definition) is 7. The number of nitrogens with zero attached hydrogens (tertiary/aromatic N) is 3. The maximum absolute atomic E-state index is 14.3. The van der Waals surface area contributed by atoms with Gasteiger partial charge in [0.15, 0.2) is 12.3 Å². The number of quaternary nitrogens is 1. The molecule has 4 rings (SSSR count). The van der Waals surface area contributed by atoms with Crippen LogP contribution in [0.5, 0.6) is 0 Å². The van der Waals surface area contributed by atoms with Gasteiger partial charge in [-0.25, -0.2) is 9.59 Å². The molecule has 39 heavy (non-hydrogen) atoms. The van der Waals surface area contributed by atoms with E-state index >= 15 is 0 Å². The van der Waals surface area contributed by atoms with Crippen LogP contribution in [0.3, 0.4) is 0 Å². The lowest BCUT2D eigenvalue weighted by molar-refractivity contribution is -0.911. The van der Waals surface area contributed by atoms with E-state index in [1.807, 2.05) is 0 Å². The molecule has 2 atom stereocenters. The molecule has 2 aliphatic rings. The van der Waals surface area contributed by atoms with E-state index in [0.717, 1.165) is 12.8 Å². The average Bonchev–Trinajstić information content (AvgIpc) is 3.41. The SMILES string of the molecule is CC(C)(C)OC(=O)N[N+](C=O)(CC#Cc1ccncc1)C1(C(=O)N2CCCC2)CC(=O)c2ccc(Cl)cc2N1. The second-order valence-electron chi connectivity index (χ2n) is 10.6. The van der Waals surface area contributed by atoms with Gasteiger partial charge < -0.3 is 15.0 Å². The van der Waals surface area contributed by atoms with Crippen molar-refractivity contribution < 1.29 is 28.5 Å². The van der Waals surface area contributed by atoms with Gasteiger partial charge >= 0.3 is 18.4 Å². The second kappa shape index (κ2) is 11.0. The first-order valence-corrected chi connectivity index (χ1v) is 13.0. The van der Waals surface area contributed by atoms with Crippen molar-refractivity contribution >= 4 is 41.5 Å². The molecule has 11 heteroatoms. The molecule has 0 bridgehead atoms. The number of hydrogen-bond donors (Lipinski definition) is 2. The standard InChI is InChI=1S/C28H30ClN5O5/c1-27(2,3)39-26(38)32-34(19-35,16-6-7-20-10-12-30-13-11-20)28(25(37)33-14-4-5-15-33)18-24(36)22-9-8-21(29)17-23(22)31-28/h8-13,17,19H,4-5,14-16,18H2,1-3H3,(H-,31,32,36,38)/p+1. The van der Waals surface area contributed by atoms with E-state index in [9.17, 15) is 19.2 Å². The number of benzene rings is 1. The number of likely N-dealkylation sites (tertiary alicyclic amines) is 1. The molecule has 204 valence electrons. The van der Waals surface area contributed by atoms with Gasteiger partial charge in [0, 0.05) is 41.6 Å². The molecule has 1 saturated heterocycles. The van der Waals surface area contributed by atoms with Crippen LogP contribution in [-0.2, 0) is 14.3 Å². The van der Waals surface area contributed by atoms with Crippen molar-refractivity contribution in [1.29, 1.82) is 0 Å². The van der Waals surface area contributed by atoms with Crippen molar-refractivity contribution in [1.82, 2.24) is 15.3 Å². The molecule has 10 nitrogen and oxygen atoms in total. The van der Waals surface area contributed by atoms with E-state index in [2.05, 4.69) is 27.6 Å². The lowest BCUT2D eigenvalue weighted by Crippen LogP contribution is -2.80. The Bertz CT molecular complexity index is 1340. The summed E-state index contributed by atoms with van der Waals surface area (Å²) in [5, 5.41) is 3.50. The molecule has 3 amide bonds. The van der Waals surface area contributed by atoms with Gasteiger partial charge in [-0.1, -0.05) is 17.5 Å². The monoisotopic (exact) mass is 552 g/mol. The van der Waals surface area contributed by atoms with Crippen molar-refractivity contribution in [3.05, 3.63) is 58.9 Å². The molecule has 1 aromatic heterocycles. The summed E-state index contributed by atoms with van der Waals surface area (Å²) in [5.74, 6) is 4.98. The lowest BCUT2D eigenvalue weighted by Gasteiger charge is -2.48. The number of halogens is 1. The fourth-order valence-corrected chi connectivity index (χ4v) is 4.94. The molecule has 0 aliphatic carbocycles. The maximum atomic E-state index is 14.3. The Hall–Kier alpha value is -3.94. The van der Waals surface area contributed by atoms with Crippen LogP contribution in [0.25, 0.3) is 0 Å². The Morgan fingerprint density at radius 3 is 2.56 bits per heavy atom. The number of fused-ring (bicyclic) bond motifs is 1. The molecule has 2 N–H and O–H groups in total. The largest absolute Gasteiger partial charge is 0.453 e. The van der Waals surface area contributed by atoms with Crippen LogP contribution < -0.4 is 10.7 Å². The Morgan fingerprint density at radius 1 is 1.23 bits per heavy atom. The Labute approximate surface area is 232 Å². The third-order valence-corrected chi connectivity index (χ3v) is 6.81. The van der Waals surface area contributed by atoms with Crippen molar-refractivity contribution in [3.63, 3.8) is 0 Å². The average molecular weight is 553 g/mol. The first kappa shape index (κ1) is 28.1. The normalized spacial score (nSPS) is 20.0. The number of nitrogens with one attached hydrogen (secondary N) is 2. The third-order valence-electron chi connectivity index (χ3n) is 6.58. The molecular formula is C28H31ClN5O5+. The second-order valence-corrected chi connectivity index (χ2v) is 11.0. The van der Waals surface area contributed by atoms with Crippen molar-refractivity contribution in [2.24, 2.45) is 0 Å². The number of carbonyl (C=O) groups excluding carboxylic acids is 4. The van der Waals surface area contributed by atoms with Gasteiger partial charge in [-0.3, -0.25) is 14.6 Å². The summed E-state index contributed by atoms with van der Waals surface area (Å²) < 4.78 is 4.43. The molecule has 0 spiro atoms. The molecule has 3 heterocycles. The van der Waals surface area contributed by atoms with Crippen LogP contribution in [0.15, 0.2) is 42.7 Å². The molecule has 2 aliphatic heterocycles. The van der Waals surface area contributed by atoms with Crippen LogP contribution >= 0.6 is 11.6 Å². The summed E-state index contributed by atoms with van der Waals surface area (Å²) >= 11 is 6.24. The zero-order chi connectivity index (χ0) is 28.3. The number of Topliss-reactive ketones (excluding diaryl/α,β-unsaturated/α-hetero) is 1. The molecule has 1 fully saturated rings. The van der Waals surface area contributed by atoms with Crippen LogP contribution in [0.4, 0.5) is 10.5 Å². The fraction of sp³-hybridized carbons (Fsp3) is 0.393. The molecule has 1 aromatic carbocycles. The highest BCUT2D eigenvalue weighted by molar-refractivity contribution is 6.31. The van der Waals surface area contributed by atoms with Gasteiger partial charge in [0.05, 0.1) is 12.1 Å². The predicted molar refractivity (Wildman–Crippen MR) is 144 cm³/mol. The van der Waals surface area contributed by atoms with Gasteiger partial charge in [-0.2, -0.15) is 5.43 Å². The van der Waals surface area contributed by atoms with Crippen molar-refractivity contribution in [2.45, 2.75) is 51.3 Å². The minimum atomic E-state index is -1.95. The van der Waals surface area contributed by atoms with Crippen LogP contribution in [0.1, 0.15) is 56.0 Å². The van der Waals surface area contributed by atoms with Crippen LogP contribution in [0.2, 0.25) is 5.02 Å². The number of rotatable bonds is 5. The topological polar surface area (TPSA) is 118 Å². The quantitative estimate of drug-likeness (QED) is 0.252. The summed E-state index contributed by atoms with van der Waals surface area (Å²) in [6.45, 7) is 5.59. The minimum absolute atomic E-state index is 0.281. The van der Waals surface area contributed by atoms with Crippen LogP contribution in [-0.4, -0.2) is 69.6 Å². The van der Waals surface area contributed by atoms with Gasteiger partial charge in [0.1, 0.15) is 5.60 Å². The molecule has 2 aromatic rings. The van der Waals surface area contributed by atoms with Gasteiger partial charge in [0.2, 0.25) is 0 Å². The zero-order valence-electron chi connectivity index (χ0n) is 22.1. The molecule has 2 unspecified atom stereocenters. The number of carbonyl (C=O) groups is 4. The van der Waals surface area contributed by atoms with E-state index in [1.165, 1.54) is 6.07 Å². The highest BCUT2D eigenvalue weighted by Crippen LogP contribution is 2.39. The third kappa shape index (κ3) is 5.90. The number of anilines is 1. The zero-order valence-corrected chi connectivity index (χ0v) is 22.9.